The van der Waals surface area contributed by atoms with Crippen LogP contribution in [0.5, 0.6) is 0 Å². The summed E-state index contributed by atoms with van der Waals surface area (Å²) >= 11 is 0. The highest BCUT2D eigenvalue weighted by molar-refractivity contribution is 5.50. The molecule has 2 heterocycles. The molecule has 0 aliphatic heterocycles. The number of rotatable bonds is 1. The first-order chi connectivity index (χ1) is 5.36. The van der Waals surface area contributed by atoms with Crippen LogP contribution in [-0.2, 0) is 0 Å². The molecule has 0 aromatic carbocycles. The molecule has 0 aliphatic rings. The summed E-state index contributed by atoms with van der Waals surface area (Å²) in [6.45, 7) is 0. The molecule has 0 saturated heterocycles. The molecule has 2 rings (SSSR count). The van der Waals surface area contributed by atoms with Gasteiger partial charge < -0.3 is 4.42 Å². The van der Waals surface area contributed by atoms with Crippen LogP contribution in [0, 0.1) is 0 Å². The molecule has 0 atom stereocenters. The number of H-pyrrole nitrogens is 2. The Kier molecular flexibility index (Phi) is 1.15. The van der Waals surface area contributed by atoms with Crippen LogP contribution in [0.3, 0.4) is 0 Å². The van der Waals surface area contributed by atoms with Crippen molar-refractivity contribution in [1.29, 1.82) is 0 Å². The number of nitrogens with one attached hydrogen (secondary N) is 2. The van der Waals surface area contributed by atoms with Crippen LogP contribution >= 0.6 is 0 Å². The molecule has 56 valence electrons. The molecule has 2 aromatic heterocycles. The van der Waals surface area contributed by atoms with Crippen molar-refractivity contribution in [3.8, 4) is 11.4 Å². The predicted molar refractivity (Wildman–Crippen MR) is 36.9 cm³/mol. The Morgan fingerprint density at radius 1 is 1.45 bits per heavy atom. The molecule has 5 heteroatoms. The molecule has 0 saturated carbocycles. The lowest BCUT2D eigenvalue weighted by Gasteiger charge is -1.83. The average molecular weight is 151 g/mol. The molecule has 5 nitrogen and oxygen atoms in total. The van der Waals surface area contributed by atoms with Gasteiger partial charge in [-0.3, -0.25) is 10.1 Å². The summed E-state index contributed by atoms with van der Waals surface area (Å²) in [5, 5.41) is 6.41. The van der Waals surface area contributed by atoms with E-state index in [1.165, 1.54) is 6.26 Å². The molecule has 2 N–H and O–H groups in total. The zero-order chi connectivity index (χ0) is 7.68. The van der Waals surface area contributed by atoms with Crippen LogP contribution in [-0.4, -0.2) is 15.2 Å². The standard InChI is InChI=1S/C6H5N3O2/c10-6-8-5(3-11-6)4-1-2-7-9-4/h1-3H,(H,7,9)(H,8,10). The number of aromatic amines is 2. The summed E-state index contributed by atoms with van der Waals surface area (Å²) in [5.74, 6) is -0.463. The van der Waals surface area contributed by atoms with Crippen molar-refractivity contribution >= 4 is 0 Å². The van der Waals surface area contributed by atoms with Gasteiger partial charge in [-0.2, -0.15) is 5.10 Å². The van der Waals surface area contributed by atoms with Crippen LogP contribution in [0.1, 0.15) is 0 Å². The topological polar surface area (TPSA) is 74.7 Å². The molecule has 0 radical (unpaired) electrons. The lowest BCUT2D eigenvalue weighted by molar-refractivity contribution is 0.515. The van der Waals surface area contributed by atoms with Crippen molar-refractivity contribution in [3.05, 3.63) is 29.1 Å². The summed E-state index contributed by atoms with van der Waals surface area (Å²) in [6.07, 6.45) is 2.94. The molecular formula is C6H5N3O2. The zero-order valence-corrected chi connectivity index (χ0v) is 5.50. The molecule has 0 unspecified atom stereocenters. The fourth-order valence-corrected chi connectivity index (χ4v) is 0.818. The summed E-state index contributed by atoms with van der Waals surface area (Å²) < 4.78 is 4.53. The van der Waals surface area contributed by atoms with Gasteiger partial charge in [0.25, 0.3) is 0 Å². The first-order valence-electron chi connectivity index (χ1n) is 3.04. The van der Waals surface area contributed by atoms with Crippen molar-refractivity contribution in [3.63, 3.8) is 0 Å². The molecule has 0 fully saturated rings. The molecular weight excluding hydrogens is 146 g/mol. The molecule has 11 heavy (non-hydrogen) atoms. The van der Waals surface area contributed by atoms with Gasteiger partial charge in [0, 0.05) is 6.20 Å². The highest BCUT2D eigenvalue weighted by atomic mass is 16.4. The van der Waals surface area contributed by atoms with Crippen molar-refractivity contribution in [2.75, 3.05) is 0 Å². The highest BCUT2D eigenvalue weighted by Crippen LogP contribution is 2.09. The second kappa shape index (κ2) is 2.12. The van der Waals surface area contributed by atoms with Gasteiger partial charge in [-0.05, 0) is 6.07 Å². The van der Waals surface area contributed by atoms with E-state index in [9.17, 15) is 4.79 Å². The maximum absolute atomic E-state index is 10.5. The molecule has 0 bridgehead atoms. The smallest absolute Gasteiger partial charge is 0.416 e. The maximum atomic E-state index is 10.5. The number of oxazole rings is 1. The maximum Gasteiger partial charge on any atom is 0.416 e. The van der Waals surface area contributed by atoms with Crippen molar-refractivity contribution in [2.45, 2.75) is 0 Å². The summed E-state index contributed by atoms with van der Waals surface area (Å²) in [7, 11) is 0. The summed E-state index contributed by atoms with van der Waals surface area (Å²) in [4.78, 5) is 13.0. The number of hydrogen-bond acceptors (Lipinski definition) is 3. The number of nitrogens with zero attached hydrogens (tertiary/aromatic N) is 1. The average Bonchev–Trinajstić information content (AvgIpc) is 2.55. The number of aromatic nitrogens is 3. The third-order valence-corrected chi connectivity index (χ3v) is 1.31. The Hall–Kier alpha value is -1.78. The SMILES string of the molecule is O=c1[nH]c(-c2ccn[nH]2)co1. The third-order valence-electron chi connectivity index (χ3n) is 1.31. The van der Waals surface area contributed by atoms with E-state index in [4.69, 9.17) is 0 Å². The van der Waals surface area contributed by atoms with Crippen LogP contribution in [0.2, 0.25) is 0 Å². The fraction of sp³-hybridized carbons (Fsp3) is 0. The normalized spacial score (nSPS) is 10.2. The summed E-state index contributed by atoms with van der Waals surface area (Å²) in [6, 6.07) is 1.74. The quantitative estimate of drug-likeness (QED) is 0.617. The van der Waals surface area contributed by atoms with E-state index in [0.29, 0.717) is 5.69 Å². The second-order valence-electron chi connectivity index (χ2n) is 2.03. The fourth-order valence-electron chi connectivity index (χ4n) is 0.818. The molecule has 0 spiro atoms. The van der Waals surface area contributed by atoms with Crippen LogP contribution < -0.4 is 5.76 Å². The van der Waals surface area contributed by atoms with E-state index in [2.05, 4.69) is 19.6 Å². The van der Waals surface area contributed by atoms with Gasteiger partial charge in [0.15, 0.2) is 0 Å². The van der Waals surface area contributed by atoms with E-state index >= 15 is 0 Å². The van der Waals surface area contributed by atoms with E-state index in [-0.39, 0.29) is 0 Å². The second-order valence-corrected chi connectivity index (χ2v) is 2.03. The highest BCUT2D eigenvalue weighted by Gasteiger charge is 2.00. The molecule has 0 amide bonds. The van der Waals surface area contributed by atoms with Gasteiger partial charge in [0.1, 0.15) is 12.0 Å². The largest absolute Gasteiger partial charge is 0.416 e. The Morgan fingerprint density at radius 2 is 2.36 bits per heavy atom. The van der Waals surface area contributed by atoms with Crippen LogP contribution in [0.25, 0.3) is 11.4 Å². The van der Waals surface area contributed by atoms with E-state index < -0.39 is 5.76 Å². The minimum absolute atomic E-state index is 0.463. The van der Waals surface area contributed by atoms with Crippen molar-refractivity contribution in [2.24, 2.45) is 0 Å². The first-order valence-corrected chi connectivity index (χ1v) is 3.04. The minimum atomic E-state index is -0.463. The van der Waals surface area contributed by atoms with Gasteiger partial charge in [0.2, 0.25) is 0 Å². The Bertz CT molecular complexity index is 384. The lowest BCUT2D eigenvalue weighted by atomic mass is 10.3. The monoisotopic (exact) mass is 151 g/mol. The third kappa shape index (κ3) is 0.958. The Morgan fingerprint density at radius 3 is 2.91 bits per heavy atom. The lowest BCUT2D eigenvalue weighted by Crippen LogP contribution is -1.94. The van der Waals surface area contributed by atoms with Gasteiger partial charge in [-0.25, -0.2) is 4.79 Å². The van der Waals surface area contributed by atoms with E-state index in [1.807, 2.05) is 0 Å². The van der Waals surface area contributed by atoms with Crippen LogP contribution in [0.4, 0.5) is 0 Å². The summed E-state index contributed by atoms with van der Waals surface area (Å²) in [5.41, 5.74) is 1.34. The Balaban J connectivity index is 2.53. The minimum Gasteiger partial charge on any atom is -0.416 e. The van der Waals surface area contributed by atoms with E-state index in [0.717, 1.165) is 5.69 Å². The van der Waals surface area contributed by atoms with E-state index in [1.54, 1.807) is 12.3 Å². The first kappa shape index (κ1) is 5.96. The van der Waals surface area contributed by atoms with Gasteiger partial charge in [-0.15, -0.1) is 0 Å². The van der Waals surface area contributed by atoms with Gasteiger partial charge in [0.05, 0.1) is 5.69 Å². The van der Waals surface area contributed by atoms with Crippen LogP contribution in [0.15, 0.2) is 27.7 Å². The zero-order valence-electron chi connectivity index (χ0n) is 5.50. The number of hydrogen-bond donors (Lipinski definition) is 2. The van der Waals surface area contributed by atoms with Crippen molar-refractivity contribution in [1.82, 2.24) is 15.2 Å². The molecule has 2 aromatic rings. The van der Waals surface area contributed by atoms with Crippen molar-refractivity contribution < 1.29 is 4.42 Å². The van der Waals surface area contributed by atoms with Gasteiger partial charge >= 0.3 is 5.76 Å². The predicted octanol–water partition coefficient (Wildman–Crippen LogP) is 0.358. The Labute approximate surface area is 61.1 Å². The van der Waals surface area contributed by atoms with Gasteiger partial charge in [-0.1, -0.05) is 0 Å². The molecule has 0 aliphatic carbocycles.